The van der Waals surface area contributed by atoms with Crippen LogP contribution in [0.2, 0.25) is 5.02 Å². The van der Waals surface area contributed by atoms with Gasteiger partial charge < -0.3 is 24.4 Å². The molecule has 11 nitrogen and oxygen atoms in total. The lowest BCUT2D eigenvalue weighted by Crippen LogP contribution is -2.38. The number of ether oxygens (including phenoxy) is 3. The first-order valence-electron chi connectivity index (χ1n) is 12.6. The number of aromatic nitrogens is 1. The Morgan fingerprint density at radius 3 is 2.37 bits per heavy atom. The molecule has 0 fully saturated rings. The number of carbonyl (C=O) groups is 2. The average molecular weight is 625 g/mol. The second kappa shape index (κ2) is 13.6. The summed E-state index contributed by atoms with van der Waals surface area (Å²) < 4.78 is 59.2. The predicted molar refractivity (Wildman–Crippen MR) is 150 cm³/mol. The number of carbonyl (C=O) groups excluding carboxylic acids is 2. The van der Waals surface area contributed by atoms with Crippen molar-refractivity contribution in [1.29, 1.82) is 0 Å². The fraction of sp³-hybridized carbons (Fsp3) is 0.321. The van der Waals surface area contributed by atoms with E-state index in [1.807, 2.05) is 0 Å². The Morgan fingerprint density at radius 1 is 1.07 bits per heavy atom. The zero-order valence-corrected chi connectivity index (χ0v) is 24.6. The maximum Gasteiger partial charge on any atom is 0.410 e. The minimum absolute atomic E-state index is 0.0281. The van der Waals surface area contributed by atoms with Gasteiger partial charge in [0.1, 0.15) is 17.1 Å². The first kappa shape index (κ1) is 32.9. The van der Waals surface area contributed by atoms with E-state index in [0.29, 0.717) is 0 Å². The minimum atomic E-state index is -1.34. The first-order chi connectivity index (χ1) is 20.1. The molecule has 3 aromatic rings. The molecule has 0 atom stereocenters. The average Bonchev–Trinajstić information content (AvgIpc) is 2.94. The van der Waals surface area contributed by atoms with Crippen molar-refractivity contribution in [2.24, 2.45) is 0 Å². The van der Waals surface area contributed by atoms with Gasteiger partial charge in [0.2, 0.25) is 5.88 Å². The van der Waals surface area contributed by atoms with E-state index in [-0.39, 0.29) is 57.8 Å². The molecule has 43 heavy (non-hydrogen) atoms. The van der Waals surface area contributed by atoms with Crippen LogP contribution in [0.15, 0.2) is 36.4 Å². The lowest BCUT2D eigenvalue weighted by Gasteiger charge is -2.28. The molecule has 1 aromatic heterocycles. The van der Waals surface area contributed by atoms with Crippen LogP contribution < -0.4 is 10.1 Å². The van der Waals surface area contributed by atoms with Crippen molar-refractivity contribution in [3.63, 3.8) is 0 Å². The molecule has 0 saturated carbocycles. The van der Waals surface area contributed by atoms with Gasteiger partial charge in [0.15, 0.2) is 11.6 Å². The summed E-state index contributed by atoms with van der Waals surface area (Å²) in [5.74, 6) is -4.36. The first-order valence-corrected chi connectivity index (χ1v) is 13.0. The number of hydrogen-bond acceptors (Lipinski definition) is 9. The topological polar surface area (TPSA) is 133 Å². The number of halogens is 4. The second-order valence-electron chi connectivity index (χ2n) is 10.0. The number of nitrogens with one attached hydrogen (secondary N) is 1. The van der Waals surface area contributed by atoms with Gasteiger partial charge >= 0.3 is 12.1 Å². The molecule has 1 amide bonds. The van der Waals surface area contributed by atoms with E-state index in [1.54, 1.807) is 20.8 Å². The normalized spacial score (nSPS) is 11.1. The molecule has 1 heterocycles. The van der Waals surface area contributed by atoms with E-state index >= 15 is 4.39 Å². The second-order valence-corrected chi connectivity index (χ2v) is 10.5. The lowest BCUT2D eigenvalue weighted by molar-refractivity contribution is -0.386. The highest BCUT2D eigenvalue weighted by atomic mass is 35.5. The number of methoxy groups -OCH3 is 2. The summed E-state index contributed by atoms with van der Waals surface area (Å²) in [4.78, 5) is 41.6. The van der Waals surface area contributed by atoms with Crippen LogP contribution in [0.5, 0.6) is 5.88 Å². The highest BCUT2D eigenvalue weighted by Crippen LogP contribution is 2.32. The standard InChI is InChI=1S/C28H28ClF3N4O7/c1-28(2,3)43-27(38)35(11-10-21-23(36(39)40)8-9-24(34-21)41-4)14-16-20(7-6-18(30)25(16)32)33-22-13-17(29)19(31)12-15(22)26(37)42-5/h6-9,12-13,33H,10-11,14H2,1-5H3. The molecule has 15 heteroatoms. The maximum atomic E-state index is 15.3. The van der Waals surface area contributed by atoms with E-state index in [1.165, 1.54) is 19.2 Å². The number of amides is 1. The van der Waals surface area contributed by atoms with Gasteiger partial charge in [-0.3, -0.25) is 10.1 Å². The Balaban J connectivity index is 2.06. The van der Waals surface area contributed by atoms with Gasteiger partial charge in [0, 0.05) is 36.3 Å². The minimum Gasteiger partial charge on any atom is -0.481 e. The molecule has 0 spiro atoms. The molecular weight excluding hydrogens is 597 g/mol. The number of benzene rings is 2. The summed E-state index contributed by atoms with van der Waals surface area (Å²) in [5.41, 5.74) is -2.23. The molecule has 230 valence electrons. The van der Waals surface area contributed by atoms with Crippen molar-refractivity contribution in [3.05, 3.63) is 85.8 Å². The van der Waals surface area contributed by atoms with Gasteiger partial charge in [-0.15, -0.1) is 0 Å². The third kappa shape index (κ3) is 8.25. The maximum absolute atomic E-state index is 15.3. The lowest BCUT2D eigenvalue weighted by atomic mass is 10.1. The summed E-state index contributed by atoms with van der Waals surface area (Å²) in [6, 6.07) is 6.33. The molecule has 0 aliphatic heterocycles. The number of nitro groups is 1. The molecule has 1 N–H and O–H groups in total. The zero-order valence-electron chi connectivity index (χ0n) is 23.8. The Kier molecular flexibility index (Phi) is 10.4. The molecule has 2 aromatic carbocycles. The van der Waals surface area contributed by atoms with Crippen molar-refractivity contribution in [2.75, 3.05) is 26.1 Å². The van der Waals surface area contributed by atoms with Crippen LogP contribution in [0.25, 0.3) is 0 Å². The molecule has 3 rings (SSSR count). The van der Waals surface area contributed by atoms with Crippen LogP contribution in [0.4, 0.5) is 35.0 Å². The number of rotatable bonds is 10. The molecule has 0 radical (unpaired) electrons. The zero-order chi connectivity index (χ0) is 32.1. The van der Waals surface area contributed by atoms with E-state index in [0.717, 1.165) is 36.3 Å². The van der Waals surface area contributed by atoms with Crippen LogP contribution in [0.1, 0.15) is 42.4 Å². The van der Waals surface area contributed by atoms with E-state index in [2.05, 4.69) is 15.0 Å². The summed E-state index contributed by atoms with van der Waals surface area (Å²) >= 11 is 5.91. The number of nitrogens with zero attached hydrogens (tertiary/aromatic N) is 3. The summed E-state index contributed by atoms with van der Waals surface area (Å²) in [6.07, 6.45) is -1.13. The smallest absolute Gasteiger partial charge is 0.410 e. The van der Waals surface area contributed by atoms with Gasteiger partial charge in [0.25, 0.3) is 5.69 Å². The number of pyridine rings is 1. The van der Waals surface area contributed by atoms with Crippen LogP contribution in [-0.2, 0) is 22.4 Å². The van der Waals surface area contributed by atoms with Gasteiger partial charge in [0.05, 0.1) is 42.0 Å². The Bertz CT molecular complexity index is 1550. The van der Waals surface area contributed by atoms with Gasteiger partial charge in [-0.2, -0.15) is 0 Å². The van der Waals surface area contributed by atoms with Crippen molar-refractivity contribution < 1.29 is 41.9 Å². The van der Waals surface area contributed by atoms with Gasteiger partial charge in [-0.25, -0.2) is 27.7 Å². The molecule has 0 unspecified atom stereocenters. The van der Waals surface area contributed by atoms with Gasteiger partial charge in [-0.05, 0) is 45.0 Å². The molecule has 0 bridgehead atoms. The fourth-order valence-corrected chi connectivity index (χ4v) is 4.03. The van der Waals surface area contributed by atoms with Crippen molar-refractivity contribution in [2.45, 2.75) is 39.3 Å². The number of anilines is 2. The number of esters is 1. The third-order valence-electron chi connectivity index (χ3n) is 5.88. The van der Waals surface area contributed by atoms with E-state index in [4.69, 9.17) is 21.1 Å². The quantitative estimate of drug-likeness (QED) is 0.151. The monoisotopic (exact) mass is 624 g/mol. The molecule has 0 saturated heterocycles. The highest BCUT2D eigenvalue weighted by Gasteiger charge is 2.27. The molecular formula is C28H28ClF3N4O7. The van der Waals surface area contributed by atoms with Crippen LogP contribution in [0, 0.1) is 27.6 Å². The Labute approximate surface area is 249 Å². The Morgan fingerprint density at radius 2 is 1.77 bits per heavy atom. The van der Waals surface area contributed by atoms with E-state index < -0.39 is 46.6 Å². The highest BCUT2D eigenvalue weighted by molar-refractivity contribution is 6.31. The fourth-order valence-electron chi connectivity index (χ4n) is 3.87. The van der Waals surface area contributed by atoms with Crippen molar-refractivity contribution >= 4 is 40.7 Å². The van der Waals surface area contributed by atoms with Crippen molar-refractivity contribution in [1.82, 2.24) is 9.88 Å². The third-order valence-corrected chi connectivity index (χ3v) is 6.17. The number of hydrogen-bond donors (Lipinski definition) is 1. The van der Waals surface area contributed by atoms with Gasteiger partial charge in [-0.1, -0.05) is 11.6 Å². The largest absolute Gasteiger partial charge is 0.481 e. The molecule has 0 aliphatic rings. The van der Waals surface area contributed by atoms with Crippen LogP contribution in [0.3, 0.4) is 0 Å². The predicted octanol–water partition coefficient (Wildman–Crippen LogP) is 6.58. The SMILES string of the molecule is COC(=O)c1cc(F)c(Cl)cc1Nc1ccc(F)c(F)c1CN(CCc1nc(OC)ccc1[N+](=O)[O-])C(=O)OC(C)(C)C. The van der Waals surface area contributed by atoms with Crippen LogP contribution >= 0.6 is 11.6 Å². The Hall–Kier alpha value is -4.59. The summed E-state index contributed by atoms with van der Waals surface area (Å²) in [7, 11) is 2.40. The van der Waals surface area contributed by atoms with E-state index in [9.17, 15) is 28.5 Å². The van der Waals surface area contributed by atoms with Crippen molar-refractivity contribution in [3.8, 4) is 5.88 Å². The summed E-state index contributed by atoms with van der Waals surface area (Å²) in [6.45, 7) is 3.92. The molecule has 0 aliphatic carbocycles. The summed E-state index contributed by atoms with van der Waals surface area (Å²) in [5, 5.41) is 13.9. The van der Waals surface area contributed by atoms with Crippen LogP contribution in [-0.4, -0.2) is 53.2 Å².